The second kappa shape index (κ2) is 6.75. The van der Waals surface area contributed by atoms with Crippen LogP contribution in [-0.4, -0.2) is 24.8 Å². The molecule has 0 aromatic heterocycles. The van der Waals surface area contributed by atoms with Gasteiger partial charge in [0.15, 0.2) is 0 Å². The highest BCUT2D eigenvalue weighted by atomic mass is 16.5. The molecule has 0 saturated carbocycles. The number of ether oxygens (including phenoxy) is 1. The minimum atomic E-state index is 0.239. The molecule has 1 N–H and O–H groups in total. The van der Waals surface area contributed by atoms with E-state index in [2.05, 4.69) is 39.9 Å². The molecule has 0 aromatic rings. The SMILES string of the molecule is CC(CCC1CCCO1)C(C)CNC(C)(C)C. The summed E-state index contributed by atoms with van der Waals surface area (Å²) in [5, 5.41) is 3.60. The van der Waals surface area contributed by atoms with Gasteiger partial charge in [-0.3, -0.25) is 0 Å². The van der Waals surface area contributed by atoms with Gasteiger partial charge in [0.25, 0.3) is 0 Å². The summed E-state index contributed by atoms with van der Waals surface area (Å²) in [5.74, 6) is 1.53. The Morgan fingerprint density at radius 1 is 1.24 bits per heavy atom. The first-order chi connectivity index (χ1) is 7.88. The van der Waals surface area contributed by atoms with Crippen LogP contribution in [0.5, 0.6) is 0 Å². The van der Waals surface area contributed by atoms with Crippen LogP contribution in [0.1, 0.15) is 60.3 Å². The summed E-state index contributed by atoms with van der Waals surface area (Å²) in [6, 6.07) is 0. The van der Waals surface area contributed by atoms with Crippen molar-refractivity contribution < 1.29 is 4.74 Å². The van der Waals surface area contributed by atoms with Gasteiger partial charge in [-0.25, -0.2) is 0 Å². The molecule has 0 aliphatic carbocycles. The fourth-order valence-corrected chi connectivity index (χ4v) is 2.27. The molecule has 0 aromatic carbocycles. The zero-order valence-electron chi connectivity index (χ0n) is 12.4. The van der Waals surface area contributed by atoms with Crippen LogP contribution in [0.4, 0.5) is 0 Å². The molecule has 3 atom stereocenters. The molecule has 3 unspecified atom stereocenters. The number of hydrogen-bond donors (Lipinski definition) is 1. The minimum absolute atomic E-state index is 0.239. The summed E-state index contributed by atoms with van der Waals surface area (Å²) < 4.78 is 5.68. The summed E-state index contributed by atoms with van der Waals surface area (Å²) in [7, 11) is 0. The maximum absolute atomic E-state index is 5.68. The molecule has 2 heteroatoms. The molecule has 1 saturated heterocycles. The molecule has 1 fully saturated rings. The lowest BCUT2D eigenvalue weighted by molar-refractivity contribution is 0.0958. The van der Waals surface area contributed by atoms with Gasteiger partial charge in [0.1, 0.15) is 0 Å². The fraction of sp³-hybridized carbons (Fsp3) is 1.00. The summed E-state index contributed by atoms with van der Waals surface area (Å²) >= 11 is 0. The first-order valence-corrected chi connectivity index (χ1v) is 7.25. The van der Waals surface area contributed by atoms with E-state index in [9.17, 15) is 0 Å². The highest BCUT2D eigenvalue weighted by Gasteiger charge is 2.19. The van der Waals surface area contributed by atoms with Gasteiger partial charge in [0, 0.05) is 12.1 Å². The molecule has 17 heavy (non-hydrogen) atoms. The Morgan fingerprint density at radius 2 is 1.94 bits per heavy atom. The maximum atomic E-state index is 5.68. The van der Waals surface area contributed by atoms with Gasteiger partial charge in [-0.15, -0.1) is 0 Å². The molecule has 0 radical (unpaired) electrons. The number of hydrogen-bond acceptors (Lipinski definition) is 2. The average molecular weight is 241 g/mol. The summed E-state index contributed by atoms with van der Waals surface area (Å²) in [6.07, 6.45) is 5.65. The summed E-state index contributed by atoms with van der Waals surface area (Å²) in [5.41, 5.74) is 0.239. The number of rotatable bonds is 6. The third kappa shape index (κ3) is 6.42. The Morgan fingerprint density at radius 3 is 2.47 bits per heavy atom. The first kappa shape index (κ1) is 15.0. The molecule has 1 aliphatic rings. The van der Waals surface area contributed by atoms with Crippen molar-refractivity contribution in [2.75, 3.05) is 13.2 Å². The second-order valence-corrected chi connectivity index (χ2v) is 6.80. The molecule has 0 bridgehead atoms. The molecule has 0 spiro atoms. The molecule has 102 valence electrons. The highest BCUT2D eigenvalue weighted by Crippen LogP contribution is 2.23. The van der Waals surface area contributed by atoms with Crippen LogP contribution >= 0.6 is 0 Å². The third-order valence-corrected chi connectivity index (χ3v) is 3.89. The quantitative estimate of drug-likeness (QED) is 0.767. The van der Waals surface area contributed by atoms with Crippen molar-refractivity contribution in [2.24, 2.45) is 11.8 Å². The van der Waals surface area contributed by atoms with Gasteiger partial charge in [-0.2, -0.15) is 0 Å². The van der Waals surface area contributed by atoms with E-state index in [4.69, 9.17) is 4.74 Å². The van der Waals surface area contributed by atoms with Crippen LogP contribution in [-0.2, 0) is 4.74 Å². The fourth-order valence-electron chi connectivity index (χ4n) is 2.27. The van der Waals surface area contributed by atoms with Crippen molar-refractivity contribution >= 4 is 0 Å². The normalized spacial score (nSPS) is 24.9. The molecule has 1 heterocycles. The third-order valence-electron chi connectivity index (χ3n) is 3.89. The zero-order valence-corrected chi connectivity index (χ0v) is 12.4. The Bertz CT molecular complexity index is 203. The van der Waals surface area contributed by atoms with Crippen molar-refractivity contribution in [3.63, 3.8) is 0 Å². The van der Waals surface area contributed by atoms with Gasteiger partial charge in [-0.05, 0) is 64.8 Å². The molecule has 2 nitrogen and oxygen atoms in total. The van der Waals surface area contributed by atoms with Crippen molar-refractivity contribution in [1.82, 2.24) is 5.32 Å². The second-order valence-electron chi connectivity index (χ2n) is 6.80. The molecule has 1 rings (SSSR count). The van der Waals surface area contributed by atoms with E-state index in [-0.39, 0.29) is 5.54 Å². The van der Waals surface area contributed by atoms with Gasteiger partial charge in [0.2, 0.25) is 0 Å². The van der Waals surface area contributed by atoms with Gasteiger partial charge in [-0.1, -0.05) is 13.8 Å². The van der Waals surface area contributed by atoms with Crippen molar-refractivity contribution in [3.8, 4) is 0 Å². The van der Waals surface area contributed by atoms with Crippen LogP contribution < -0.4 is 5.32 Å². The van der Waals surface area contributed by atoms with Gasteiger partial charge >= 0.3 is 0 Å². The van der Waals surface area contributed by atoms with Crippen LogP contribution in [0, 0.1) is 11.8 Å². The molecular weight excluding hydrogens is 210 g/mol. The van der Waals surface area contributed by atoms with Gasteiger partial charge < -0.3 is 10.1 Å². The summed E-state index contributed by atoms with van der Waals surface area (Å²) in [4.78, 5) is 0. The molecular formula is C15H31NO. The van der Waals surface area contributed by atoms with E-state index in [1.54, 1.807) is 0 Å². The van der Waals surface area contributed by atoms with Crippen LogP contribution in [0.2, 0.25) is 0 Å². The maximum Gasteiger partial charge on any atom is 0.0576 e. The standard InChI is InChI=1S/C15H31NO/c1-12(8-9-14-7-6-10-17-14)13(2)11-16-15(3,4)5/h12-14,16H,6-11H2,1-5H3. The monoisotopic (exact) mass is 241 g/mol. The van der Waals surface area contributed by atoms with Crippen LogP contribution in [0.3, 0.4) is 0 Å². The van der Waals surface area contributed by atoms with E-state index in [1.807, 2.05) is 0 Å². The minimum Gasteiger partial charge on any atom is -0.378 e. The predicted molar refractivity (Wildman–Crippen MR) is 74.3 cm³/mol. The predicted octanol–water partition coefficient (Wildman–Crippen LogP) is 3.61. The van der Waals surface area contributed by atoms with E-state index in [1.165, 1.54) is 25.7 Å². The van der Waals surface area contributed by atoms with Crippen LogP contribution in [0.15, 0.2) is 0 Å². The molecule has 1 aliphatic heterocycles. The zero-order chi connectivity index (χ0) is 12.9. The van der Waals surface area contributed by atoms with Crippen LogP contribution in [0.25, 0.3) is 0 Å². The van der Waals surface area contributed by atoms with E-state index in [0.717, 1.165) is 25.0 Å². The molecule has 0 amide bonds. The lowest BCUT2D eigenvalue weighted by Crippen LogP contribution is -2.39. The Balaban J connectivity index is 2.14. The topological polar surface area (TPSA) is 21.3 Å². The Kier molecular flexibility index (Phi) is 5.94. The largest absolute Gasteiger partial charge is 0.378 e. The average Bonchev–Trinajstić information content (AvgIpc) is 2.74. The Labute approximate surface area is 108 Å². The number of nitrogens with one attached hydrogen (secondary N) is 1. The Hall–Kier alpha value is -0.0800. The van der Waals surface area contributed by atoms with Crippen molar-refractivity contribution in [3.05, 3.63) is 0 Å². The smallest absolute Gasteiger partial charge is 0.0576 e. The highest BCUT2D eigenvalue weighted by molar-refractivity contribution is 4.75. The lowest BCUT2D eigenvalue weighted by atomic mass is 9.89. The van der Waals surface area contributed by atoms with Crippen molar-refractivity contribution in [1.29, 1.82) is 0 Å². The van der Waals surface area contributed by atoms with E-state index >= 15 is 0 Å². The lowest BCUT2D eigenvalue weighted by Gasteiger charge is -2.27. The van der Waals surface area contributed by atoms with E-state index in [0.29, 0.717) is 6.10 Å². The van der Waals surface area contributed by atoms with Crippen molar-refractivity contribution in [2.45, 2.75) is 71.9 Å². The summed E-state index contributed by atoms with van der Waals surface area (Å²) in [6.45, 7) is 13.5. The first-order valence-electron chi connectivity index (χ1n) is 7.25. The van der Waals surface area contributed by atoms with E-state index < -0.39 is 0 Å². The van der Waals surface area contributed by atoms with Gasteiger partial charge in [0.05, 0.1) is 6.10 Å².